The second kappa shape index (κ2) is 6.00. The molecule has 1 saturated heterocycles. The Morgan fingerprint density at radius 2 is 2.06 bits per heavy atom. The summed E-state index contributed by atoms with van der Waals surface area (Å²) in [7, 11) is 2.18. The highest BCUT2D eigenvalue weighted by molar-refractivity contribution is 5.56. The first kappa shape index (κ1) is 13.1. The molecule has 100 valence electrons. The van der Waals surface area contributed by atoms with Crippen LogP contribution >= 0.6 is 0 Å². The quantitative estimate of drug-likeness (QED) is 0.830. The Balaban J connectivity index is 1.94. The molecule has 0 saturated carbocycles. The molecule has 1 atom stereocenters. The van der Waals surface area contributed by atoms with Gasteiger partial charge in [-0.3, -0.25) is 0 Å². The molecule has 0 radical (unpaired) electrons. The molecular weight excluding hydrogens is 226 g/mol. The predicted molar refractivity (Wildman–Crippen MR) is 75.0 cm³/mol. The maximum absolute atomic E-state index is 4.33. The van der Waals surface area contributed by atoms with Crippen molar-refractivity contribution in [2.75, 3.05) is 43.9 Å². The van der Waals surface area contributed by atoms with Gasteiger partial charge in [0.05, 0.1) is 0 Å². The summed E-state index contributed by atoms with van der Waals surface area (Å²) in [5.41, 5.74) is 1.10. The molecule has 2 N–H and O–H groups in total. The zero-order chi connectivity index (χ0) is 13.0. The zero-order valence-corrected chi connectivity index (χ0v) is 11.5. The molecule has 0 bridgehead atoms. The van der Waals surface area contributed by atoms with Gasteiger partial charge < -0.3 is 15.5 Å². The number of hydrogen-bond acceptors (Lipinski definition) is 5. The van der Waals surface area contributed by atoms with Gasteiger partial charge in [-0.25, -0.2) is 9.97 Å². The molecule has 2 rings (SSSR count). The minimum absolute atomic E-state index is 0.729. The summed E-state index contributed by atoms with van der Waals surface area (Å²) in [6.07, 6.45) is 2.89. The Hall–Kier alpha value is -1.36. The largest absolute Gasteiger partial charge is 0.370 e. The second-order valence-corrected chi connectivity index (χ2v) is 5.02. The standard InChI is InChI=1S/C13H23N5/c1-4-14-12-10(2)13(17-9-16-12)15-7-11-5-6-18(3)8-11/h9,11H,4-8H2,1-3H3,(H2,14,15,16,17). The molecule has 0 aliphatic carbocycles. The number of anilines is 2. The Morgan fingerprint density at radius 3 is 2.67 bits per heavy atom. The van der Waals surface area contributed by atoms with Crippen LogP contribution in [-0.2, 0) is 0 Å². The van der Waals surface area contributed by atoms with Gasteiger partial charge in [-0.1, -0.05) is 0 Å². The molecule has 1 fully saturated rings. The molecule has 1 aliphatic rings. The van der Waals surface area contributed by atoms with Crippen LogP contribution in [0, 0.1) is 12.8 Å². The molecule has 5 nitrogen and oxygen atoms in total. The smallest absolute Gasteiger partial charge is 0.134 e. The molecule has 0 spiro atoms. The van der Waals surface area contributed by atoms with Crippen LogP contribution in [0.25, 0.3) is 0 Å². The Bertz CT molecular complexity index is 393. The van der Waals surface area contributed by atoms with Gasteiger partial charge in [-0.15, -0.1) is 0 Å². The van der Waals surface area contributed by atoms with Crippen LogP contribution in [0.2, 0.25) is 0 Å². The number of hydrogen-bond donors (Lipinski definition) is 2. The third-order valence-corrected chi connectivity index (χ3v) is 3.48. The first-order chi connectivity index (χ1) is 8.70. The molecule has 0 amide bonds. The van der Waals surface area contributed by atoms with Gasteiger partial charge >= 0.3 is 0 Å². The average Bonchev–Trinajstić information content (AvgIpc) is 2.77. The lowest BCUT2D eigenvalue weighted by molar-refractivity contribution is 0.399. The molecule has 1 unspecified atom stereocenters. The van der Waals surface area contributed by atoms with Crippen molar-refractivity contribution < 1.29 is 0 Å². The zero-order valence-electron chi connectivity index (χ0n) is 11.5. The Labute approximate surface area is 109 Å². The van der Waals surface area contributed by atoms with E-state index in [0.717, 1.165) is 36.2 Å². The molecule has 1 aromatic heterocycles. The highest BCUT2D eigenvalue weighted by Gasteiger charge is 2.19. The van der Waals surface area contributed by atoms with Gasteiger partial charge in [0, 0.05) is 25.2 Å². The van der Waals surface area contributed by atoms with E-state index in [1.165, 1.54) is 19.5 Å². The van der Waals surface area contributed by atoms with Gasteiger partial charge in [0.1, 0.15) is 18.0 Å². The molecular formula is C13H23N5. The predicted octanol–water partition coefficient (Wildman–Crippen LogP) is 1.58. The summed E-state index contributed by atoms with van der Waals surface area (Å²) in [6.45, 7) is 8.39. The summed E-state index contributed by atoms with van der Waals surface area (Å²) in [6, 6.07) is 0. The van der Waals surface area contributed by atoms with E-state index in [4.69, 9.17) is 0 Å². The van der Waals surface area contributed by atoms with Gasteiger partial charge in [-0.2, -0.15) is 0 Å². The third-order valence-electron chi connectivity index (χ3n) is 3.48. The highest BCUT2D eigenvalue weighted by atomic mass is 15.1. The first-order valence-electron chi connectivity index (χ1n) is 6.68. The normalized spacial score (nSPS) is 20.1. The van der Waals surface area contributed by atoms with Crippen LogP contribution in [0.5, 0.6) is 0 Å². The molecule has 1 aromatic rings. The number of rotatable bonds is 5. The minimum Gasteiger partial charge on any atom is -0.370 e. The van der Waals surface area contributed by atoms with Gasteiger partial charge in [0.25, 0.3) is 0 Å². The van der Waals surface area contributed by atoms with Crippen LogP contribution in [0.15, 0.2) is 6.33 Å². The van der Waals surface area contributed by atoms with Crippen molar-refractivity contribution in [3.05, 3.63) is 11.9 Å². The Morgan fingerprint density at radius 1 is 1.33 bits per heavy atom. The van der Waals surface area contributed by atoms with Crippen molar-refractivity contribution in [2.45, 2.75) is 20.3 Å². The summed E-state index contributed by atoms with van der Waals surface area (Å²) in [4.78, 5) is 11.0. The fourth-order valence-electron chi connectivity index (χ4n) is 2.41. The fraction of sp³-hybridized carbons (Fsp3) is 0.692. The molecule has 0 aromatic carbocycles. The summed E-state index contributed by atoms with van der Waals surface area (Å²) >= 11 is 0. The first-order valence-corrected chi connectivity index (χ1v) is 6.68. The van der Waals surface area contributed by atoms with Gasteiger partial charge in [0.15, 0.2) is 0 Å². The summed E-state index contributed by atoms with van der Waals surface area (Å²) in [5.74, 6) is 2.61. The molecule has 1 aliphatic heterocycles. The highest BCUT2D eigenvalue weighted by Crippen LogP contribution is 2.20. The maximum Gasteiger partial charge on any atom is 0.134 e. The SMILES string of the molecule is CCNc1ncnc(NCC2CCN(C)C2)c1C. The van der Waals surface area contributed by atoms with E-state index in [9.17, 15) is 0 Å². The van der Waals surface area contributed by atoms with Crippen LogP contribution in [0.1, 0.15) is 18.9 Å². The lowest BCUT2D eigenvalue weighted by Crippen LogP contribution is -2.20. The van der Waals surface area contributed by atoms with Crippen LogP contribution in [0.3, 0.4) is 0 Å². The second-order valence-electron chi connectivity index (χ2n) is 5.02. The Kier molecular flexibility index (Phi) is 4.36. The van der Waals surface area contributed by atoms with E-state index in [-0.39, 0.29) is 0 Å². The lowest BCUT2D eigenvalue weighted by atomic mass is 10.1. The summed E-state index contributed by atoms with van der Waals surface area (Å²) < 4.78 is 0. The van der Waals surface area contributed by atoms with E-state index in [1.807, 2.05) is 0 Å². The van der Waals surface area contributed by atoms with Gasteiger partial charge in [0.2, 0.25) is 0 Å². The summed E-state index contributed by atoms with van der Waals surface area (Å²) in [5, 5.41) is 6.71. The van der Waals surface area contributed by atoms with Crippen LogP contribution < -0.4 is 10.6 Å². The average molecular weight is 249 g/mol. The number of nitrogens with one attached hydrogen (secondary N) is 2. The van der Waals surface area contributed by atoms with Gasteiger partial charge in [-0.05, 0) is 39.8 Å². The van der Waals surface area contributed by atoms with Crippen molar-refractivity contribution in [1.82, 2.24) is 14.9 Å². The van der Waals surface area contributed by atoms with Crippen LogP contribution in [0.4, 0.5) is 11.6 Å². The molecule has 2 heterocycles. The van der Waals surface area contributed by atoms with E-state index in [1.54, 1.807) is 6.33 Å². The van der Waals surface area contributed by atoms with Crippen molar-refractivity contribution in [2.24, 2.45) is 5.92 Å². The number of likely N-dealkylation sites (tertiary alicyclic amines) is 1. The number of nitrogens with zero attached hydrogens (tertiary/aromatic N) is 3. The van der Waals surface area contributed by atoms with Crippen molar-refractivity contribution in [1.29, 1.82) is 0 Å². The van der Waals surface area contributed by atoms with E-state index in [0.29, 0.717) is 0 Å². The van der Waals surface area contributed by atoms with Crippen molar-refractivity contribution in [3.8, 4) is 0 Å². The maximum atomic E-state index is 4.33. The van der Waals surface area contributed by atoms with Crippen LogP contribution in [-0.4, -0.2) is 48.1 Å². The third kappa shape index (κ3) is 3.10. The van der Waals surface area contributed by atoms with Crippen molar-refractivity contribution in [3.63, 3.8) is 0 Å². The molecule has 5 heteroatoms. The lowest BCUT2D eigenvalue weighted by Gasteiger charge is -2.15. The van der Waals surface area contributed by atoms with E-state index >= 15 is 0 Å². The van der Waals surface area contributed by atoms with E-state index < -0.39 is 0 Å². The number of aromatic nitrogens is 2. The van der Waals surface area contributed by atoms with Crippen molar-refractivity contribution >= 4 is 11.6 Å². The monoisotopic (exact) mass is 249 g/mol. The fourth-order valence-corrected chi connectivity index (χ4v) is 2.41. The minimum atomic E-state index is 0.729. The molecule has 18 heavy (non-hydrogen) atoms. The van der Waals surface area contributed by atoms with E-state index in [2.05, 4.69) is 46.4 Å². The topological polar surface area (TPSA) is 53.1 Å².